The molecule has 1 aliphatic rings. The molecule has 0 bridgehead atoms. The van der Waals surface area contributed by atoms with Crippen molar-refractivity contribution < 1.29 is 13.9 Å². The number of carbonyl (C=O) groups excluding carboxylic acids is 1. The fourth-order valence-corrected chi connectivity index (χ4v) is 3.58. The van der Waals surface area contributed by atoms with Gasteiger partial charge in [0.05, 0.1) is 13.7 Å². The Bertz CT molecular complexity index is 903. The highest BCUT2D eigenvalue weighted by atomic mass is 16.6. The summed E-state index contributed by atoms with van der Waals surface area (Å²) in [6, 6.07) is 7.31. The first-order valence-electron chi connectivity index (χ1n) is 9.07. The zero-order valence-electron chi connectivity index (χ0n) is 15.2. The SMILES string of the molecule is COc1ccc(C(=O)N2CCC[C@H](c3nccn3Cc3cccnc3)C2)o1. The van der Waals surface area contributed by atoms with Gasteiger partial charge in [-0.3, -0.25) is 9.78 Å². The molecule has 0 aliphatic carbocycles. The van der Waals surface area contributed by atoms with Crippen LogP contribution in [0.1, 0.15) is 40.7 Å². The second-order valence-corrected chi connectivity index (χ2v) is 6.69. The summed E-state index contributed by atoms with van der Waals surface area (Å²) in [6.45, 7) is 2.08. The van der Waals surface area contributed by atoms with Crippen LogP contribution >= 0.6 is 0 Å². The number of methoxy groups -OCH3 is 1. The molecule has 4 heterocycles. The number of piperidine rings is 1. The zero-order chi connectivity index (χ0) is 18.6. The molecule has 0 N–H and O–H groups in total. The predicted octanol–water partition coefficient (Wildman–Crippen LogP) is 2.95. The number of pyridine rings is 1. The lowest BCUT2D eigenvalue weighted by atomic mass is 9.96. The number of carbonyl (C=O) groups is 1. The molecule has 0 aromatic carbocycles. The molecule has 4 rings (SSSR count). The minimum absolute atomic E-state index is 0.103. The maximum Gasteiger partial charge on any atom is 0.289 e. The highest BCUT2D eigenvalue weighted by Gasteiger charge is 2.29. The zero-order valence-corrected chi connectivity index (χ0v) is 15.2. The summed E-state index contributed by atoms with van der Waals surface area (Å²) in [4.78, 5) is 23.4. The average Bonchev–Trinajstić information content (AvgIpc) is 3.38. The van der Waals surface area contributed by atoms with Crippen LogP contribution in [-0.4, -0.2) is 45.5 Å². The van der Waals surface area contributed by atoms with E-state index in [4.69, 9.17) is 9.15 Å². The third-order valence-corrected chi connectivity index (χ3v) is 4.89. The molecule has 140 valence electrons. The molecule has 0 unspecified atom stereocenters. The molecule has 7 nitrogen and oxygen atoms in total. The maximum absolute atomic E-state index is 12.8. The highest BCUT2D eigenvalue weighted by Crippen LogP contribution is 2.28. The molecule has 1 amide bonds. The van der Waals surface area contributed by atoms with Crippen molar-refractivity contribution in [3.05, 3.63) is 66.2 Å². The predicted molar refractivity (Wildman–Crippen MR) is 98.7 cm³/mol. The van der Waals surface area contributed by atoms with Crippen molar-refractivity contribution in [3.8, 4) is 5.95 Å². The Kier molecular flexibility index (Phi) is 4.91. The van der Waals surface area contributed by atoms with E-state index in [0.717, 1.165) is 37.3 Å². The number of nitrogens with zero attached hydrogens (tertiary/aromatic N) is 4. The maximum atomic E-state index is 12.8. The Morgan fingerprint density at radius 2 is 2.26 bits per heavy atom. The second kappa shape index (κ2) is 7.65. The standard InChI is InChI=1S/C20H22N4O3/c1-26-18-7-6-17(27-18)20(25)24-10-3-5-16(14-24)19-22-9-11-23(19)13-15-4-2-8-21-12-15/h2,4,6-9,11-12,16H,3,5,10,13-14H2,1H3/t16-/m0/s1. The van der Waals surface area contributed by atoms with Crippen LogP contribution in [-0.2, 0) is 6.54 Å². The average molecular weight is 366 g/mol. The third kappa shape index (κ3) is 3.72. The van der Waals surface area contributed by atoms with Crippen molar-refractivity contribution in [1.29, 1.82) is 0 Å². The van der Waals surface area contributed by atoms with Crippen LogP contribution in [0, 0.1) is 0 Å². The minimum Gasteiger partial charge on any atom is -0.468 e. The van der Waals surface area contributed by atoms with Gasteiger partial charge in [-0.15, -0.1) is 0 Å². The fraction of sp³-hybridized carbons (Fsp3) is 0.350. The van der Waals surface area contributed by atoms with Gasteiger partial charge >= 0.3 is 0 Å². The third-order valence-electron chi connectivity index (χ3n) is 4.89. The lowest BCUT2D eigenvalue weighted by Gasteiger charge is -2.32. The highest BCUT2D eigenvalue weighted by molar-refractivity contribution is 5.91. The van der Waals surface area contributed by atoms with Gasteiger partial charge < -0.3 is 18.6 Å². The van der Waals surface area contributed by atoms with Gasteiger partial charge in [-0.25, -0.2) is 4.98 Å². The Balaban J connectivity index is 1.49. The van der Waals surface area contributed by atoms with E-state index in [1.165, 1.54) is 7.11 Å². The number of hydrogen-bond donors (Lipinski definition) is 0. The molecular formula is C20H22N4O3. The van der Waals surface area contributed by atoms with E-state index < -0.39 is 0 Å². The largest absolute Gasteiger partial charge is 0.468 e. The van der Waals surface area contributed by atoms with Crippen LogP contribution in [0.3, 0.4) is 0 Å². The van der Waals surface area contributed by atoms with Crippen molar-refractivity contribution in [2.75, 3.05) is 20.2 Å². The lowest BCUT2D eigenvalue weighted by molar-refractivity contribution is 0.0665. The van der Waals surface area contributed by atoms with Crippen LogP contribution in [0.25, 0.3) is 0 Å². The van der Waals surface area contributed by atoms with E-state index in [2.05, 4.69) is 20.6 Å². The van der Waals surface area contributed by atoms with Crippen molar-refractivity contribution in [3.63, 3.8) is 0 Å². The number of rotatable bonds is 5. The minimum atomic E-state index is -0.103. The molecule has 7 heteroatoms. The Hall–Kier alpha value is -3.09. The summed E-state index contributed by atoms with van der Waals surface area (Å²) in [6.07, 6.45) is 9.39. The van der Waals surface area contributed by atoms with E-state index in [-0.39, 0.29) is 11.8 Å². The number of imidazole rings is 1. The quantitative estimate of drug-likeness (QED) is 0.694. The first-order chi connectivity index (χ1) is 13.2. The van der Waals surface area contributed by atoms with E-state index in [1.807, 2.05) is 29.6 Å². The molecule has 1 atom stereocenters. The summed E-state index contributed by atoms with van der Waals surface area (Å²) >= 11 is 0. The molecule has 0 radical (unpaired) electrons. The molecule has 3 aromatic heterocycles. The summed E-state index contributed by atoms with van der Waals surface area (Å²) in [5.74, 6) is 1.76. The molecule has 0 spiro atoms. The first-order valence-corrected chi connectivity index (χ1v) is 9.07. The van der Waals surface area contributed by atoms with Gasteiger partial charge in [-0.1, -0.05) is 6.07 Å². The summed E-state index contributed by atoms with van der Waals surface area (Å²) in [5.41, 5.74) is 1.13. The van der Waals surface area contributed by atoms with Gasteiger partial charge in [0.15, 0.2) is 5.76 Å². The van der Waals surface area contributed by atoms with Crippen molar-refractivity contribution in [2.45, 2.75) is 25.3 Å². The Labute approximate surface area is 157 Å². The van der Waals surface area contributed by atoms with E-state index in [1.54, 1.807) is 18.3 Å². The molecule has 27 heavy (non-hydrogen) atoms. The van der Waals surface area contributed by atoms with Crippen molar-refractivity contribution >= 4 is 5.91 Å². The monoisotopic (exact) mass is 366 g/mol. The van der Waals surface area contributed by atoms with Crippen molar-refractivity contribution in [2.24, 2.45) is 0 Å². The summed E-state index contributed by atoms with van der Waals surface area (Å²) in [5, 5.41) is 0. The number of ether oxygens (including phenoxy) is 1. The van der Waals surface area contributed by atoms with E-state index >= 15 is 0 Å². The van der Waals surface area contributed by atoms with E-state index in [0.29, 0.717) is 18.3 Å². The lowest BCUT2D eigenvalue weighted by Crippen LogP contribution is -2.39. The van der Waals surface area contributed by atoms with Gasteiger partial charge in [0.25, 0.3) is 11.9 Å². The van der Waals surface area contributed by atoms with Crippen molar-refractivity contribution in [1.82, 2.24) is 19.4 Å². The van der Waals surface area contributed by atoms with Gasteiger partial charge in [0, 0.05) is 49.9 Å². The molecule has 1 fully saturated rings. The number of hydrogen-bond acceptors (Lipinski definition) is 5. The molecular weight excluding hydrogens is 344 g/mol. The normalized spacial score (nSPS) is 17.1. The Morgan fingerprint density at radius 1 is 1.33 bits per heavy atom. The molecule has 1 saturated heterocycles. The van der Waals surface area contributed by atoms with Crippen LogP contribution < -0.4 is 4.74 Å². The van der Waals surface area contributed by atoms with Gasteiger partial charge in [0.1, 0.15) is 5.82 Å². The van der Waals surface area contributed by atoms with Gasteiger partial charge in [0.2, 0.25) is 0 Å². The van der Waals surface area contributed by atoms with Gasteiger partial charge in [-0.05, 0) is 30.5 Å². The second-order valence-electron chi connectivity index (χ2n) is 6.69. The van der Waals surface area contributed by atoms with E-state index in [9.17, 15) is 4.79 Å². The number of amides is 1. The van der Waals surface area contributed by atoms with Crippen LogP contribution in [0.15, 0.2) is 53.5 Å². The Morgan fingerprint density at radius 3 is 3.04 bits per heavy atom. The van der Waals surface area contributed by atoms with Gasteiger partial charge in [-0.2, -0.15) is 0 Å². The van der Waals surface area contributed by atoms with Crippen LogP contribution in [0.5, 0.6) is 5.95 Å². The smallest absolute Gasteiger partial charge is 0.289 e. The summed E-state index contributed by atoms with van der Waals surface area (Å²) in [7, 11) is 1.52. The fourth-order valence-electron chi connectivity index (χ4n) is 3.58. The number of furan rings is 1. The first kappa shape index (κ1) is 17.3. The number of aromatic nitrogens is 3. The molecule has 0 saturated carbocycles. The summed E-state index contributed by atoms with van der Waals surface area (Å²) < 4.78 is 12.6. The van der Waals surface area contributed by atoms with Crippen LogP contribution in [0.2, 0.25) is 0 Å². The number of likely N-dealkylation sites (tertiary alicyclic amines) is 1. The molecule has 3 aromatic rings. The van der Waals surface area contributed by atoms with Crippen LogP contribution in [0.4, 0.5) is 0 Å². The topological polar surface area (TPSA) is 73.4 Å². The molecule has 1 aliphatic heterocycles.